The van der Waals surface area contributed by atoms with E-state index in [0.29, 0.717) is 23.7 Å². The number of nitro benzene ring substituents is 1. The van der Waals surface area contributed by atoms with Gasteiger partial charge >= 0.3 is 5.97 Å². The Labute approximate surface area is 120 Å². The maximum Gasteiger partial charge on any atom is 0.306 e. The smallest absolute Gasteiger partial charge is 0.306 e. The molecule has 0 aliphatic carbocycles. The van der Waals surface area contributed by atoms with Gasteiger partial charge in [-0.15, -0.1) is 0 Å². The Kier molecular flexibility index (Phi) is 4.32. The van der Waals surface area contributed by atoms with E-state index in [9.17, 15) is 14.9 Å². The van der Waals surface area contributed by atoms with E-state index in [-0.39, 0.29) is 5.69 Å². The summed E-state index contributed by atoms with van der Waals surface area (Å²) in [5.74, 6) is -1.28. The van der Waals surface area contributed by atoms with Crippen LogP contribution in [0.15, 0.2) is 30.6 Å². The molecule has 0 fully saturated rings. The maximum absolute atomic E-state index is 11.0. The molecule has 7 nitrogen and oxygen atoms in total. The Morgan fingerprint density at radius 2 is 2.19 bits per heavy atom. The lowest BCUT2D eigenvalue weighted by Gasteiger charge is -2.11. The largest absolute Gasteiger partial charge is 0.481 e. The van der Waals surface area contributed by atoms with Crippen molar-refractivity contribution in [2.45, 2.75) is 13.3 Å². The number of carbonyl (C=O) groups is 1. The Morgan fingerprint density at radius 1 is 1.43 bits per heavy atom. The highest BCUT2D eigenvalue weighted by Crippen LogP contribution is 2.30. The third kappa shape index (κ3) is 3.25. The number of hydrogen-bond donors (Lipinski definition) is 2. The van der Waals surface area contributed by atoms with Crippen molar-refractivity contribution in [3.63, 3.8) is 0 Å². The van der Waals surface area contributed by atoms with Gasteiger partial charge in [-0.1, -0.05) is 6.92 Å². The van der Waals surface area contributed by atoms with Crippen molar-refractivity contribution in [1.82, 2.24) is 4.98 Å². The van der Waals surface area contributed by atoms with Gasteiger partial charge in [-0.05, 0) is 18.6 Å². The van der Waals surface area contributed by atoms with Crippen LogP contribution in [0.2, 0.25) is 0 Å². The summed E-state index contributed by atoms with van der Waals surface area (Å²) in [5, 5.41) is 24.1. The van der Waals surface area contributed by atoms with Crippen LogP contribution in [0.1, 0.15) is 13.3 Å². The predicted molar refractivity (Wildman–Crippen MR) is 78.3 cm³/mol. The first kappa shape index (κ1) is 14.7. The molecule has 21 heavy (non-hydrogen) atoms. The van der Waals surface area contributed by atoms with Gasteiger partial charge in [0.1, 0.15) is 0 Å². The van der Waals surface area contributed by atoms with Crippen LogP contribution in [0.4, 0.5) is 11.4 Å². The van der Waals surface area contributed by atoms with Crippen molar-refractivity contribution in [1.29, 1.82) is 0 Å². The lowest BCUT2D eigenvalue weighted by molar-refractivity contribution is -0.383. The molecule has 7 heteroatoms. The van der Waals surface area contributed by atoms with Crippen LogP contribution in [-0.2, 0) is 4.79 Å². The number of nitro groups is 1. The molecule has 110 valence electrons. The summed E-state index contributed by atoms with van der Waals surface area (Å²) >= 11 is 0. The molecular formula is C14H15N3O4. The summed E-state index contributed by atoms with van der Waals surface area (Å²) < 4.78 is 0. The van der Waals surface area contributed by atoms with Gasteiger partial charge < -0.3 is 10.4 Å². The first-order valence-corrected chi connectivity index (χ1v) is 6.48. The molecule has 2 aromatic rings. The van der Waals surface area contributed by atoms with E-state index in [2.05, 4.69) is 10.3 Å². The number of nitrogens with one attached hydrogen (secondary N) is 1. The molecule has 0 aliphatic rings. The molecule has 0 bridgehead atoms. The van der Waals surface area contributed by atoms with Crippen molar-refractivity contribution in [2.24, 2.45) is 5.92 Å². The summed E-state index contributed by atoms with van der Waals surface area (Å²) in [7, 11) is 0. The summed E-state index contributed by atoms with van der Waals surface area (Å²) in [5.41, 5.74) is 0.734. The Morgan fingerprint density at radius 3 is 2.86 bits per heavy atom. The first-order chi connectivity index (χ1) is 10.0. The van der Waals surface area contributed by atoms with E-state index >= 15 is 0 Å². The minimum Gasteiger partial charge on any atom is -0.481 e. The molecule has 2 N–H and O–H groups in total. The standard InChI is InChI=1S/C14H15N3O4/c1-9(14(18)19)4-7-16-12-2-3-13(17(20)21)11-8-15-6-5-10(11)12/h2-3,5-6,8-9,16H,4,7H2,1H3,(H,18,19). The quantitative estimate of drug-likeness (QED) is 0.625. The minimum atomic E-state index is -0.838. The fraction of sp³-hybridized carbons (Fsp3) is 0.286. The number of carboxylic acid groups (broad SMARTS) is 1. The Bertz CT molecular complexity index is 687. The van der Waals surface area contributed by atoms with Gasteiger partial charge in [0.25, 0.3) is 5.69 Å². The van der Waals surface area contributed by atoms with Crippen molar-refractivity contribution in [2.75, 3.05) is 11.9 Å². The number of hydrogen-bond acceptors (Lipinski definition) is 5. The topological polar surface area (TPSA) is 105 Å². The maximum atomic E-state index is 11.0. The molecule has 0 spiro atoms. The number of non-ortho nitro benzene ring substituents is 1. The summed E-state index contributed by atoms with van der Waals surface area (Å²) in [6.45, 7) is 2.12. The molecule has 0 saturated heterocycles. The molecule has 0 amide bonds. The normalized spacial score (nSPS) is 12.0. The van der Waals surface area contributed by atoms with Gasteiger partial charge in [-0.3, -0.25) is 19.9 Å². The second-order valence-electron chi connectivity index (χ2n) is 4.77. The zero-order valence-corrected chi connectivity index (χ0v) is 11.4. The highest BCUT2D eigenvalue weighted by atomic mass is 16.6. The van der Waals surface area contributed by atoms with E-state index in [1.165, 1.54) is 12.3 Å². The molecule has 0 aliphatic heterocycles. The molecule has 1 atom stereocenters. The number of nitrogens with zero attached hydrogens (tertiary/aromatic N) is 2. The van der Waals surface area contributed by atoms with E-state index in [1.807, 2.05) is 0 Å². The molecule has 1 aromatic carbocycles. The van der Waals surface area contributed by atoms with Gasteiger partial charge in [0, 0.05) is 36.1 Å². The zero-order valence-electron chi connectivity index (χ0n) is 11.4. The predicted octanol–water partition coefficient (Wildman–Crippen LogP) is 2.67. The molecule has 2 rings (SSSR count). The van der Waals surface area contributed by atoms with E-state index in [1.54, 1.807) is 25.3 Å². The molecule has 1 unspecified atom stereocenters. The highest BCUT2D eigenvalue weighted by molar-refractivity contribution is 5.99. The highest BCUT2D eigenvalue weighted by Gasteiger charge is 2.15. The third-order valence-electron chi connectivity index (χ3n) is 3.31. The average molecular weight is 289 g/mol. The lowest BCUT2D eigenvalue weighted by Crippen LogP contribution is -2.14. The van der Waals surface area contributed by atoms with Gasteiger partial charge in [0.15, 0.2) is 0 Å². The number of aliphatic carboxylic acids is 1. The zero-order chi connectivity index (χ0) is 15.4. The van der Waals surface area contributed by atoms with Crippen molar-refractivity contribution < 1.29 is 14.8 Å². The van der Waals surface area contributed by atoms with Crippen LogP contribution in [0, 0.1) is 16.0 Å². The van der Waals surface area contributed by atoms with E-state index in [0.717, 1.165) is 5.69 Å². The van der Waals surface area contributed by atoms with Crippen LogP contribution in [0.3, 0.4) is 0 Å². The molecule has 1 aromatic heterocycles. The molecule has 0 radical (unpaired) electrons. The summed E-state index contributed by atoms with van der Waals surface area (Å²) in [4.78, 5) is 25.2. The van der Waals surface area contributed by atoms with Crippen LogP contribution in [-0.4, -0.2) is 27.5 Å². The Balaban J connectivity index is 2.23. The molecular weight excluding hydrogens is 274 g/mol. The lowest BCUT2D eigenvalue weighted by atomic mass is 10.1. The van der Waals surface area contributed by atoms with E-state index in [4.69, 9.17) is 5.11 Å². The Hall–Kier alpha value is -2.70. The molecule has 0 saturated carbocycles. The monoisotopic (exact) mass is 289 g/mol. The fourth-order valence-electron chi connectivity index (χ4n) is 2.04. The minimum absolute atomic E-state index is 0.00236. The summed E-state index contributed by atoms with van der Waals surface area (Å²) in [6, 6.07) is 4.75. The second kappa shape index (κ2) is 6.17. The van der Waals surface area contributed by atoms with Crippen molar-refractivity contribution in [3.05, 3.63) is 40.7 Å². The number of benzene rings is 1. The number of rotatable bonds is 6. The van der Waals surface area contributed by atoms with Gasteiger partial charge in [-0.25, -0.2) is 0 Å². The van der Waals surface area contributed by atoms with Crippen molar-refractivity contribution in [3.8, 4) is 0 Å². The van der Waals surface area contributed by atoms with E-state index < -0.39 is 16.8 Å². The van der Waals surface area contributed by atoms with Gasteiger partial charge in [0.05, 0.1) is 16.2 Å². The van der Waals surface area contributed by atoms with Crippen LogP contribution in [0.25, 0.3) is 10.8 Å². The second-order valence-corrected chi connectivity index (χ2v) is 4.77. The number of aromatic nitrogens is 1. The SMILES string of the molecule is CC(CCNc1ccc([N+](=O)[O-])c2cnccc12)C(=O)O. The third-order valence-corrected chi connectivity index (χ3v) is 3.31. The van der Waals surface area contributed by atoms with Gasteiger partial charge in [-0.2, -0.15) is 0 Å². The average Bonchev–Trinajstić information content (AvgIpc) is 2.46. The van der Waals surface area contributed by atoms with Crippen molar-refractivity contribution >= 4 is 28.1 Å². The van der Waals surface area contributed by atoms with Crippen LogP contribution < -0.4 is 5.32 Å². The number of carboxylic acids is 1. The fourth-order valence-corrected chi connectivity index (χ4v) is 2.04. The summed E-state index contributed by atoms with van der Waals surface area (Å²) in [6.07, 6.45) is 3.49. The number of fused-ring (bicyclic) bond motifs is 1. The molecule has 1 heterocycles. The van der Waals surface area contributed by atoms with Crippen LogP contribution in [0.5, 0.6) is 0 Å². The van der Waals surface area contributed by atoms with Gasteiger partial charge in [0.2, 0.25) is 0 Å². The number of anilines is 1. The first-order valence-electron chi connectivity index (χ1n) is 6.48. The van der Waals surface area contributed by atoms with Crippen LogP contribution >= 0.6 is 0 Å². The number of pyridine rings is 1.